The molecule has 1 saturated carbocycles. The van der Waals surface area contributed by atoms with Gasteiger partial charge in [-0.05, 0) is 63.4 Å². The van der Waals surface area contributed by atoms with Crippen LogP contribution in [0.25, 0.3) is 0 Å². The smallest absolute Gasteiger partial charge is 0.231 e. The third-order valence-electron chi connectivity index (χ3n) is 4.40. The van der Waals surface area contributed by atoms with Crippen LogP contribution in [-0.2, 0) is 4.79 Å². The topological polar surface area (TPSA) is 41.1 Å². The third kappa shape index (κ3) is 2.66. The van der Waals surface area contributed by atoms with Gasteiger partial charge in [-0.25, -0.2) is 0 Å². The average molecular weight is 260 g/mol. The summed E-state index contributed by atoms with van der Waals surface area (Å²) in [6.45, 7) is 7.00. The molecule has 0 saturated heterocycles. The molecular formula is C16H24N2O. The molecule has 0 aromatic heterocycles. The van der Waals surface area contributed by atoms with Gasteiger partial charge in [-0.15, -0.1) is 0 Å². The summed E-state index contributed by atoms with van der Waals surface area (Å²) in [6.07, 6.45) is 3.13. The first-order valence-corrected chi connectivity index (χ1v) is 7.02. The van der Waals surface area contributed by atoms with Gasteiger partial charge in [0.25, 0.3) is 0 Å². The van der Waals surface area contributed by atoms with Crippen LogP contribution in [0.4, 0.5) is 5.69 Å². The van der Waals surface area contributed by atoms with E-state index in [4.69, 9.17) is 0 Å². The lowest BCUT2D eigenvalue weighted by Crippen LogP contribution is -2.48. The number of aryl methyl sites for hydroxylation is 3. The molecule has 0 aliphatic heterocycles. The van der Waals surface area contributed by atoms with Gasteiger partial charge in [0.05, 0.1) is 5.41 Å². The van der Waals surface area contributed by atoms with E-state index >= 15 is 0 Å². The molecule has 3 nitrogen and oxygen atoms in total. The summed E-state index contributed by atoms with van der Waals surface area (Å²) in [5, 5.41) is 6.28. The van der Waals surface area contributed by atoms with Crippen molar-refractivity contribution in [2.24, 2.45) is 5.41 Å². The van der Waals surface area contributed by atoms with Gasteiger partial charge in [0, 0.05) is 12.2 Å². The van der Waals surface area contributed by atoms with E-state index in [1.807, 2.05) is 14.0 Å². The summed E-state index contributed by atoms with van der Waals surface area (Å²) in [7, 11) is 1.91. The second kappa shape index (κ2) is 5.33. The molecule has 2 N–H and O–H groups in total. The predicted molar refractivity (Wildman–Crippen MR) is 79.5 cm³/mol. The van der Waals surface area contributed by atoms with Crippen molar-refractivity contribution in [1.82, 2.24) is 5.32 Å². The highest BCUT2D eigenvalue weighted by molar-refractivity contribution is 5.96. The number of carbonyl (C=O) groups excluding carboxylic acids is 1. The maximum atomic E-state index is 12.5. The van der Waals surface area contributed by atoms with E-state index in [-0.39, 0.29) is 11.3 Å². The predicted octanol–water partition coefficient (Wildman–Crippen LogP) is 2.94. The Bertz CT molecular complexity index is 490. The fourth-order valence-electron chi connectivity index (χ4n) is 2.78. The molecule has 0 heterocycles. The molecule has 0 atom stereocenters. The van der Waals surface area contributed by atoms with Crippen LogP contribution in [0.2, 0.25) is 0 Å². The van der Waals surface area contributed by atoms with Crippen molar-refractivity contribution in [2.45, 2.75) is 40.0 Å². The van der Waals surface area contributed by atoms with Crippen LogP contribution in [0.1, 0.15) is 36.0 Å². The molecule has 19 heavy (non-hydrogen) atoms. The molecule has 2 rings (SSSR count). The summed E-state index contributed by atoms with van der Waals surface area (Å²) in [5.74, 6) is 0.166. The fraction of sp³-hybridized carbons (Fsp3) is 0.562. The van der Waals surface area contributed by atoms with Crippen LogP contribution >= 0.6 is 0 Å². The third-order valence-corrected chi connectivity index (χ3v) is 4.40. The maximum Gasteiger partial charge on any atom is 0.231 e. The summed E-state index contributed by atoms with van der Waals surface area (Å²) in [6, 6.07) is 4.21. The van der Waals surface area contributed by atoms with Gasteiger partial charge in [0.2, 0.25) is 5.91 Å². The molecule has 1 fully saturated rings. The summed E-state index contributed by atoms with van der Waals surface area (Å²) >= 11 is 0. The van der Waals surface area contributed by atoms with Crippen molar-refractivity contribution in [3.8, 4) is 0 Å². The summed E-state index contributed by atoms with van der Waals surface area (Å²) < 4.78 is 0. The fourth-order valence-corrected chi connectivity index (χ4v) is 2.78. The summed E-state index contributed by atoms with van der Waals surface area (Å²) in [5.41, 5.74) is 4.38. The molecule has 1 aromatic rings. The van der Waals surface area contributed by atoms with Crippen molar-refractivity contribution in [3.05, 3.63) is 28.8 Å². The zero-order valence-corrected chi connectivity index (χ0v) is 12.4. The Morgan fingerprint density at radius 3 is 2.32 bits per heavy atom. The first-order valence-electron chi connectivity index (χ1n) is 7.02. The van der Waals surface area contributed by atoms with E-state index in [1.54, 1.807) is 0 Å². The Balaban J connectivity index is 2.17. The molecule has 1 amide bonds. The second-order valence-electron chi connectivity index (χ2n) is 5.87. The Morgan fingerprint density at radius 1 is 1.16 bits per heavy atom. The molecule has 0 spiro atoms. The quantitative estimate of drug-likeness (QED) is 0.874. The molecule has 0 radical (unpaired) electrons. The Labute approximate surface area is 115 Å². The standard InChI is InChI=1S/C16H24N2O/c1-11-8-13(3)14(9-12(11)2)18-15(19)16(10-17-4)6-5-7-16/h8-9,17H,5-7,10H2,1-4H3,(H,18,19). The van der Waals surface area contributed by atoms with Crippen molar-refractivity contribution < 1.29 is 4.79 Å². The van der Waals surface area contributed by atoms with Crippen LogP contribution in [0.5, 0.6) is 0 Å². The van der Waals surface area contributed by atoms with Gasteiger partial charge in [0.1, 0.15) is 0 Å². The number of anilines is 1. The SMILES string of the molecule is CNCC1(C(=O)Nc2cc(C)c(C)cc2C)CCC1. The normalized spacial score (nSPS) is 16.8. The number of amides is 1. The van der Waals surface area contributed by atoms with Crippen LogP contribution in [0, 0.1) is 26.2 Å². The molecule has 1 aliphatic carbocycles. The Morgan fingerprint density at radius 2 is 1.79 bits per heavy atom. The minimum atomic E-state index is -0.194. The Hall–Kier alpha value is -1.35. The molecular weight excluding hydrogens is 236 g/mol. The van der Waals surface area contributed by atoms with E-state index in [0.717, 1.165) is 37.1 Å². The van der Waals surface area contributed by atoms with Gasteiger partial charge in [0.15, 0.2) is 0 Å². The van der Waals surface area contributed by atoms with Crippen molar-refractivity contribution in [1.29, 1.82) is 0 Å². The number of rotatable bonds is 4. The van der Waals surface area contributed by atoms with Gasteiger partial charge in [-0.3, -0.25) is 4.79 Å². The lowest BCUT2D eigenvalue weighted by atomic mass is 9.68. The van der Waals surface area contributed by atoms with Gasteiger partial charge in [-0.1, -0.05) is 12.5 Å². The van der Waals surface area contributed by atoms with Gasteiger partial charge < -0.3 is 10.6 Å². The second-order valence-corrected chi connectivity index (χ2v) is 5.87. The maximum absolute atomic E-state index is 12.5. The zero-order valence-electron chi connectivity index (χ0n) is 12.4. The van der Waals surface area contributed by atoms with E-state index in [1.165, 1.54) is 11.1 Å². The average Bonchev–Trinajstić information content (AvgIpc) is 2.30. The molecule has 0 unspecified atom stereocenters. The number of hydrogen-bond acceptors (Lipinski definition) is 2. The van der Waals surface area contributed by atoms with Crippen LogP contribution < -0.4 is 10.6 Å². The van der Waals surface area contributed by atoms with Crippen molar-refractivity contribution >= 4 is 11.6 Å². The van der Waals surface area contributed by atoms with E-state index in [9.17, 15) is 4.79 Å². The van der Waals surface area contributed by atoms with Crippen LogP contribution in [0.3, 0.4) is 0 Å². The first kappa shape index (κ1) is 14.1. The van der Waals surface area contributed by atoms with Gasteiger partial charge >= 0.3 is 0 Å². The highest BCUT2D eigenvalue weighted by Crippen LogP contribution is 2.41. The first-order chi connectivity index (χ1) is 8.98. The molecule has 1 aromatic carbocycles. The molecule has 3 heteroatoms. The highest BCUT2D eigenvalue weighted by Gasteiger charge is 2.43. The largest absolute Gasteiger partial charge is 0.325 e. The van der Waals surface area contributed by atoms with E-state index in [0.29, 0.717) is 0 Å². The Kier molecular flexibility index (Phi) is 3.95. The molecule has 104 valence electrons. The van der Waals surface area contributed by atoms with Gasteiger partial charge in [-0.2, -0.15) is 0 Å². The summed E-state index contributed by atoms with van der Waals surface area (Å²) in [4.78, 5) is 12.5. The monoisotopic (exact) mass is 260 g/mol. The van der Waals surface area contributed by atoms with E-state index in [2.05, 4.69) is 36.6 Å². The van der Waals surface area contributed by atoms with Crippen LogP contribution in [-0.4, -0.2) is 19.5 Å². The molecule has 1 aliphatic rings. The number of nitrogens with one attached hydrogen (secondary N) is 2. The lowest BCUT2D eigenvalue weighted by Gasteiger charge is -2.40. The van der Waals surface area contributed by atoms with Crippen LogP contribution in [0.15, 0.2) is 12.1 Å². The minimum Gasteiger partial charge on any atom is -0.325 e. The number of benzene rings is 1. The van der Waals surface area contributed by atoms with Crippen molar-refractivity contribution in [3.63, 3.8) is 0 Å². The van der Waals surface area contributed by atoms with Crippen molar-refractivity contribution in [2.75, 3.05) is 18.9 Å². The van der Waals surface area contributed by atoms with E-state index < -0.39 is 0 Å². The number of hydrogen-bond donors (Lipinski definition) is 2. The minimum absolute atomic E-state index is 0.166. The molecule has 0 bridgehead atoms. The highest BCUT2D eigenvalue weighted by atomic mass is 16.2. The zero-order chi connectivity index (χ0) is 14.0. The number of carbonyl (C=O) groups is 1. The lowest BCUT2D eigenvalue weighted by molar-refractivity contribution is -0.129.